The minimum Gasteiger partial charge on any atom is -0.480 e. The van der Waals surface area contributed by atoms with Crippen LogP contribution < -0.4 is 10.6 Å². The maximum absolute atomic E-state index is 12.9. The number of carboxylic acids is 1. The molecule has 0 fully saturated rings. The van der Waals surface area contributed by atoms with E-state index >= 15 is 0 Å². The van der Waals surface area contributed by atoms with E-state index in [0.29, 0.717) is 0 Å². The van der Waals surface area contributed by atoms with Crippen molar-refractivity contribution in [1.82, 2.24) is 5.32 Å². The summed E-state index contributed by atoms with van der Waals surface area (Å²) in [4.78, 5) is 22.5. The molecule has 1 rings (SSSR count). The fourth-order valence-corrected chi connectivity index (χ4v) is 1.58. The zero-order chi connectivity index (χ0) is 14.6. The number of carbonyl (C=O) groups excluding carboxylic acids is 1. The number of benzene rings is 1. The molecule has 1 atom stereocenters. The van der Waals surface area contributed by atoms with Crippen molar-refractivity contribution in [3.63, 3.8) is 0 Å². The Labute approximate surface area is 114 Å². The molecule has 2 amide bonds. The van der Waals surface area contributed by atoms with Crippen LogP contribution in [0.2, 0.25) is 5.02 Å². The topological polar surface area (TPSA) is 78.4 Å². The highest BCUT2D eigenvalue weighted by atomic mass is 35.5. The van der Waals surface area contributed by atoms with Gasteiger partial charge in [0.05, 0.1) is 5.02 Å². The molecular weight excluding hydrogens is 275 g/mol. The number of anilines is 1. The Bertz CT molecular complexity index is 494. The predicted molar refractivity (Wildman–Crippen MR) is 69.8 cm³/mol. The summed E-state index contributed by atoms with van der Waals surface area (Å²) in [5, 5.41) is 13.5. The van der Waals surface area contributed by atoms with Crippen molar-refractivity contribution in [3.8, 4) is 0 Å². The Morgan fingerprint density at radius 3 is 2.47 bits per heavy atom. The first-order valence-electron chi connectivity index (χ1n) is 5.56. The van der Waals surface area contributed by atoms with Gasteiger partial charge in [-0.2, -0.15) is 0 Å². The van der Waals surface area contributed by atoms with Gasteiger partial charge in [-0.05, 0) is 24.1 Å². The first-order chi connectivity index (χ1) is 8.81. The van der Waals surface area contributed by atoms with Gasteiger partial charge in [0.15, 0.2) is 0 Å². The molecule has 19 heavy (non-hydrogen) atoms. The van der Waals surface area contributed by atoms with Gasteiger partial charge in [0, 0.05) is 5.69 Å². The molecule has 0 aromatic heterocycles. The molecule has 3 N–H and O–H groups in total. The quantitative estimate of drug-likeness (QED) is 0.797. The monoisotopic (exact) mass is 288 g/mol. The Morgan fingerprint density at radius 2 is 2.00 bits per heavy atom. The fourth-order valence-electron chi connectivity index (χ4n) is 1.40. The van der Waals surface area contributed by atoms with Crippen LogP contribution >= 0.6 is 11.6 Å². The van der Waals surface area contributed by atoms with Crippen LogP contribution in [-0.4, -0.2) is 23.1 Å². The van der Waals surface area contributed by atoms with E-state index in [4.69, 9.17) is 16.7 Å². The average molecular weight is 289 g/mol. The molecule has 1 aromatic carbocycles. The Balaban J connectivity index is 2.69. The third-order valence-electron chi connectivity index (χ3n) is 2.40. The molecule has 7 heteroatoms. The smallest absolute Gasteiger partial charge is 0.326 e. The number of halogens is 2. The van der Waals surface area contributed by atoms with Crippen molar-refractivity contribution in [1.29, 1.82) is 0 Å². The third kappa shape index (κ3) is 4.40. The highest BCUT2D eigenvalue weighted by Crippen LogP contribution is 2.19. The lowest BCUT2D eigenvalue weighted by molar-refractivity contribution is -0.140. The third-order valence-corrected chi connectivity index (χ3v) is 2.69. The summed E-state index contributed by atoms with van der Waals surface area (Å²) in [7, 11) is 0. The van der Waals surface area contributed by atoms with Gasteiger partial charge < -0.3 is 15.7 Å². The normalized spacial score (nSPS) is 12.1. The SMILES string of the molecule is CC(C)[C@@H](NC(=O)Nc1ccc(F)c(Cl)c1)C(=O)O. The average Bonchev–Trinajstić information content (AvgIpc) is 2.30. The van der Waals surface area contributed by atoms with Crippen molar-refractivity contribution >= 4 is 29.3 Å². The second kappa shape index (κ2) is 6.38. The minimum absolute atomic E-state index is 0.128. The van der Waals surface area contributed by atoms with Crippen molar-refractivity contribution in [3.05, 3.63) is 29.0 Å². The molecule has 0 saturated heterocycles. The van der Waals surface area contributed by atoms with Gasteiger partial charge in [0.25, 0.3) is 0 Å². The maximum atomic E-state index is 12.9. The van der Waals surface area contributed by atoms with Crippen LogP contribution in [0.3, 0.4) is 0 Å². The van der Waals surface area contributed by atoms with Gasteiger partial charge in [0.1, 0.15) is 11.9 Å². The molecule has 0 aliphatic rings. The lowest BCUT2D eigenvalue weighted by atomic mass is 10.1. The zero-order valence-corrected chi connectivity index (χ0v) is 11.2. The van der Waals surface area contributed by atoms with Crippen molar-refractivity contribution < 1.29 is 19.1 Å². The largest absolute Gasteiger partial charge is 0.480 e. The molecule has 0 unspecified atom stereocenters. The Hall–Kier alpha value is -1.82. The molecule has 0 spiro atoms. The van der Waals surface area contributed by atoms with E-state index in [1.807, 2.05) is 0 Å². The summed E-state index contributed by atoms with van der Waals surface area (Å²) < 4.78 is 12.9. The standard InChI is InChI=1S/C12H14ClFN2O3/c1-6(2)10(11(17)18)16-12(19)15-7-3-4-9(14)8(13)5-7/h3-6,10H,1-2H3,(H,17,18)(H2,15,16,19)/t10-/m1/s1. The van der Waals surface area contributed by atoms with Crippen LogP contribution in [0.4, 0.5) is 14.9 Å². The number of hydrogen-bond donors (Lipinski definition) is 3. The van der Waals surface area contributed by atoms with Crippen molar-refractivity contribution in [2.45, 2.75) is 19.9 Å². The van der Waals surface area contributed by atoms with Gasteiger partial charge in [-0.3, -0.25) is 0 Å². The first kappa shape index (κ1) is 15.2. The first-order valence-corrected chi connectivity index (χ1v) is 5.94. The van der Waals surface area contributed by atoms with Crippen LogP contribution in [0.1, 0.15) is 13.8 Å². The van der Waals surface area contributed by atoms with E-state index in [9.17, 15) is 14.0 Å². The number of rotatable bonds is 4. The number of urea groups is 1. The van der Waals surface area contributed by atoms with Crippen molar-refractivity contribution in [2.24, 2.45) is 5.92 Å². The van der Waals surface area contributed by atoms with Crippen LogP contribution in [0.25, 0.3) is 0 Å². The summed E-state index contributed by atoms with van der Waals surface area (Å²) in [5.41, 5.74) is 0.275. The summed E-state index contributed by atoms with van der Waals surface area (Å²) in [6.45, 7) is 3.35. The molecule has 104 valence electrons. The van der Waals surface area contributed by atoms with E-state index in [2.05, 4.69) is 10.6 Å². The van der Waals surface area contributed by atoms with E-state index in [0.717, 1.165) is 6.07 Å². The van der Waals surface area contributed by atoms with Gasteiger partial charge in [0.2, 0.25) is 0 Å². The number of aliphatic carboxylic acids is 1. The van der Waals surface area contributed by atoms with Gasteiger partial charge >= 0.3 is 12.0 Å². The fraction of sp³-hybridized carbons (Fsp3) is 0.333. The predicted octanol–water partition coefficient (Wildman–Crippen LogP) is 2.71. The summed E-state index contributed by atoms with van der Waals surface area (Å²) >= 11 is 5.56. The molecule has 0 aliphatic heterocycles. The number of nitrogens with one attached hydrogen (secondary N) is 2. The summed E-state index contributed by atoms with van der Waals surface area (Å²) in [6, 6.07) is 1.97. The Kier molecular flexibility index (Phi) is 5.11. The van der Waals surface area contributed by atoms with Gasteiger partial charge in [-0.1, -0.05) is 25.4 Å². The molecule has 0 heterocycles. The molecule has 0 radical (unpaired) electrons. The van der Waals surface area contributed by atoms with Crippen LogP contribution in [-0.2, 0) is 4.79 Å². The van der Waals surface area contributed by atoms with Gasteiger partial charge in [-0.25, -0.2) is 14.0 Å². The highest BCUT2D eigenvalue weighted by Gasteiger charge is 2.23. The van der Waals surface area contributed by atoms with Crippen molar-refractivity contribution in [2.75, 3.05) is 5.32 Å². The second-order valence-electron chi connectivity index (χ2n) is 4.29. The molecule has 5 nitrogen and oxygen atoms in total. The minimum atomic E-state index is -1.12. The number of carbonyl (C=O) groups is 2. The lowest BCUT2D eigenvalue weighted by Gasteiger charge is -2.18. The second-order valence-corrected chi connectivity index (χ2v) is 4.69. The number of hydrogen-bond acceptors (Lipinski definition) is 2. The Morgan fingerprint density at radius 1 is 1.37 bits per heavy atom. The zero-order valence-electron chi connectivity index (χ0n) is 10.4. The van der Waals surface area contributed by atoms with E-state index in [-0.39, 0.29) is 16.6 Å². The van der Waals surface area contributed by atoms with E-state index in [1.54, 1.807) is 13.8 Å². The van der Waals surface area contributed by atoms with E-state index < -0.39 is 23.9 Å². The molecule has 0 bridgehead atoms. The van der Waals surface area contributed by atoms with E-state index in [1.165, 1.54) is 12.1 Å². The maximum Gasteiger partial charge on any atom is 0.326 e. The molecule has 1 aromatic rings. The van der Waals surface area contributed by atoms with Gasteiger partial charge in [-0.15, -0.1) is 0 Å². The number of amides is 2. The molecule has 0 aliphatic carbocycles. The number of carboxylic acid groups (broad SMARTS) is 1. The lowest BCUT2D eigenvalue weighted by Crippen LogP contribution is -2.46. The van der Waals surface area contributed by atoms with Crippen LogP contribution in [0.15, 0.2) is 18.2 Å². The summed E-state index contributed by atoms with van der Waals surface area (Å²) in [5.74, 6) is -1.99. The van der Waals surface area contributed by atoms with Crippen LogP contribution in [0.5, 0.6) is 0 Å². The highest BCUT2D eigenvalue weighted by molar-refractivity contribution is 6.31. The van der Waals surface area contributed by atoms with Crippen LogP contribution in [0, 0.1) is 11.7 Å². The molecular formula is C12H14ClFN2O3. The summed E-state index contributed by atoms with van der Waals surface area (Å²) in [6.07, 6.45) is 0. The molecule has 0 saturated carbocycles.